The highest BCUT2D eigenvalue weighted by molar-refractivity contribution is 4.97. The van der Waals surface area contributed by atoms with Crippen molar-refractivity contribution in [1.82, 2.24) is 0 Å². The number of aliphatic hydroxyl groups is 1. The van der Waals surface area contributed by atoms with Gasteiger partial charge in [0.1, 0.15) is 12.4 Å². The highest BCUT2D eigenvalue weighted by Gasteiger charge is 1.83. The minimum atomic E-state index is -0.0471. The fourth-order valence-electron chi connectivity index (χ4n) is 0.212. The average molecular weight is 112 g/mol. The quantitative estimate of drug-likeness (QED) is 0.418. The molecule has 0 rings (SSSR count). The third-order valence-corrected chi connectivity index (χ3v) is 0.524. The van der Waals surface area contributed by atoms with Crippen LogP contribution in [0.4, 0.5) is 0 Å². The Labute approximate surface area is 49.1 Å². The van der Waals surface area contributed by atoms with Crippen LogP contribution in [0.3, 0.4) is 0 Å². The number of ether oxygens (including phenoxy) is 1. The minimum absolute atomic E-state index is 0.0471. The Balaban J connectivity index is 3.11. The lowest BCUT2D eigenvalue weighted by molar-refractivity contribution is 0.152. The molecule has 0 aromatic rings. The van der Waals surface area contributed by atoms with Crippen molar-refractivity contribution in [3.05, 3.63) is 25.0 Å². The Morgan fingerprint density at radius 3 is 2.75 bits per heavy atom. The standard InChI is InChI=1S/C6H8O2/c1-3-6(2)8-5-4-7/h1-3,7H,4-5H2. The Bertz CT molecular complexity index is 86.5. The van der Waals surface area contributed by atoms with Gasteiger partial charge in [-0.3, -0.25) is 0 Å². The Morgan fingerprint density at radius 1 is 1.75 bits per heavy atom. The van der Waals surface area contributed by atoms with Gasteiger partial charge in [-0.25, -0.2) is 0 Å². The molecular weight excluding hydrogens is 104 g/mol. The summed E-state index contributed by atoms with van der Waals surface area (Å²) in [5.74, 6) is 0.138. The van der Waals surface area contributed by atoms with Crippen LogP contribution in [0.2, 0.25) is 0 Å². The van der Waals surface area contributed by atoms with Crippen LogP contribution in [-0.4, -0.2) is 18.3 Å². The van der Waals surface area contributed by atoms with Crippen LogP contribution >= 0.6 is 0 Å². The molecule has 0 aliphatic heterocycles. The molecule has 44 valence electrons. The number of hydrogen-bond donors (Lipinski definition) is 1. The van der Waals surface area contributed by atoms with Crippen LogP contribution in [0, 0.1) is 13.2 Å². The van der Waals surface area contributed by atoms with Crippen LogP contribution < -0.4 is 0 Å². The first kappa shape index (κ1) is 7.24. The number of aliphatic hydroxyl groups excluding tert-OH is 1. The van der Waals surface area contributed by atoms with Gasteiger partial charge in [-0.15, -0.1) is 0 Å². The van der Waals surface area contributed by atoms with Crippen molar-refractivity contribution in [1.29, 1.82) is 0 Å². The minimum Gasteiger partial charge on any atom is -0.491 e. The summed E-state index contributed by atoms with van der Waals surface area (Å²) in [5.41, 5.74) is 0. The molecule has 2 heteroatoms. The van der Waals surface area contributed by atoms with E-state index in [4.69, 9.17) is 18.3 Å². The number of rotatable bonds is 4. The predicted molar refractivity (Wildman–Crippen MR) is 29.7 cm³/mol. The summed E-state index contributed by atoms with van der Waals surface area (Å²) in [6.45, 7) is 10.1. The zero-order valence-corrected chi connectivity index (χ0v) is 4.50. The lowest BCUT2D eigenvalue weighted by Gasteiger charge is -1.99. The summed E-state index contributed by atoms with van der Waals surface area (Å²) >= 11 is 0. The number of hydrogen-bond acceptors (Lipinski definition) is 2. The maximum atomic E-state index is 8.16. The molecule has 0 atom stereocenters. The average Bonchev–Trinajstić information content (AvgIpc) is 1.83. The smallest absolute Gasteiger partial charge is 0.119 e. The zero-order valence-electron chi connectivity index (χ0n) is 4.50. The zero-order chi connectivity index (χ0) is 6.41. The van der Waals surface area contributed by atoms with Gasteiger partial charge in [0, 0.05) is 0 Å². The normalized spacial score (nSPS) is 8.12. The summed E-state index contributed by atoms with van der Waals surface area (Å²) in [4.78, 5) is 0. The third kappa shape index (κ3) is 3.43. The highest BCUT2D eigenvalue weighted by Crippen LogP contribution is 1.90. The molecule has 0 bridgehead atoms. The maximum Gasteiger partial charge on any atom is 0.119 e. The molecule has 0 aliphatic rings. The molecule has 0 saturated carbocycles. The molecule has 0 heterocycles. The van der Waals surface area contributed by atoms with Crippen molar-refractivity contribution < 1.29 is 9.84 Å². The molecule has 0 saturated heterocycles. The molecule has 0 aliphatic carbocycles. The predicted octanol–water partition coefficient (Wildman–Crippen LogP) is 0.301. The van der Waals surface area contributed by atoms with E-state index < -0.39 is 0 Å². The molecular formula is C6H8O2. The van der Waals surface area contributed by atoms with Gasteiger partial charge in [0.25, 0.3) is 0 Å². The van der Waals surface area contributed by atoms with Gasteiger partial charge in [-0.2, -0.15) is 0 Å². The second kappa shape index (κ2) is 4.40. The van der Waals surface area contributed by atoms with Crippen molar-refractivity contribution >= 4 is 0 Å². The van der Waals surface area contributed by atoms with E-state index in [1.165, 1.54) is 0 Å². The Morgan fingerprint density at radius 2 is 2.38 bits per heavy atom. The van der Waals surface area contributed by atoms with Crippen molar-refractivity contribution in [2.24, 2.45) is 0 Å². The van der Waals surface area contributed by atoms with Gasteiger partial charge in [0.2, 0.25) is 0 Å². The van der Waals surface area contributed by atoms with Crippen molar-refractivity contribution in [3.8, 4) is 0 Å². The molecule has 2 radical (unpaired) electrons. The lowest BCUT2D eigenvalue weighted by atomic mass is 10.5. The molecule has 0 spiro atoms. The van der Waals surface area contributed by atoms with E-state index in [-0.39, 0.29) is 19.0 Å². The van der Waals surface area contributed by atoms with Crippen molar-refractivity contribution in [2.45, 2.75) is 0 Å². The summed E-state index contributed by atoms with van der Waals surface area (Å²) in [6, 6.07) is 0. The second-order valence-corrected chi connectivity index (χ2v) is 1.14. The van der Waals surface area contributed by atoms with Crippen LogP contribution in [0.15, 0.2) is 11.8 Å². The van der Waals surface area contributed by atoms with Gasteiger partial charge in [-0.05, 0) is 12.7 Å². The molecule has 0 fully saturated rings. The van der Waals surface area contributed by atoms with Crippen LogP contribution in [0.5, 0.6) is 0 Å². The summed E-state index contributed by atoms with van der Waals surface area (Å²) < 4.78 is 4.60. The van der Waals surface area contributed by atoms with Crippen LogP contribution in [0.1, 0.15) is 0 Å². The monoisotopic (exact) mass is 112 g/mol. The first-order valence-electron chi connectivity index (χ1n) is 2.22. The van der Waals surface area contributed by atoms with E-state index >= 15 is 0 Å². The van der Waals surface area contributed by atoms with Gasteiger partial charge in [-0.1, -0.05) is 6.58 Å². The highest BCUT2D eigenvalue weighted by atomic mass is 16.5. The fraction of sp³-hybridized carbons (Fsp3) is 0.333. The Kier molecular flexibility index (Phi) is 3.98. The topological polar surface area (TPSA) is 29.5 Å². The van der Waals surface area contributed by atoms with Gasteiger partial charge in [0.05, 0.1) is 6.61 Å². The molecule has 0 aromatic heterocycles. The van der Waals surface area contributed by atoms with E-state index in [2.05, 4.69) is 4.74 Å². The molecule has 1 N–H and O–H groups in total. The molecule has 0 unspecified atom stereocenters. The van der Waals surface area contributed by atoms with Crippen molar-refractivity contribution in [3.63, 3.8) is 0 Å². The van der Waals surface area contributed by atoms with E-state index in [0.29, 0.717) is 0 Å². The SMILES string of the molecule is [CH]=CC(=[CH])OCCO. The van der Waals surface area contributed by atoms with E-state index in [0.717, 1.165) is 6.08 Å². The Hall–Kier alpha value is -0.760. The molecule has 0 amide bonds. The first-order valence-corrected chi connectivity index (χ1v) is 2.22. The fourth-order valence-corrected chi connectivity index (χ4v) is 0.212. The van der Waals surface area contributed by atoms with Crippen LogP contribution in [0.25, 0.3) is 0 Å². The summed E-state index contributed by atoms with van der Waals surface area (Å²) in [5, 5.41) is 8.16. The lowest BCUT2D eigenvalue weighted by Crippen LogP contribution is -1.95. The second-order valence-electron chi connectivity index (χ2n) is 1.14. The molecule has 8 heavy (non-hydrogen) atoms. The van der Waals surface area contributed by atoms with E-state index in [9.17, 15) is 0 Å². The number of allylic oxidation sites excluding steroid dienone is 1. The van der Waals surface area contributed by atoms with E-state index in [1.807, 2.05) is 0 Å². The van der Waals surface area contributed by atoms with Gasteiger partial charge >= 0.3 is 0 Å². The molecule has 0 aromatic carbocycles. The van der Waals surface area contributed by atoms with Crippen molar-refractivity contribution in [2.75, 3.05) is 13.2 Å². The van der Waals surface area contributed by atoms with Crippen LogP contribution in [-0.2, 0) is 4.74 Å². The summed E-state index contributed by atoms with van der Waals surface area (Å²) in [7, 11) is 0. The summed E-state index contributed by atoms with van der Waals surface area (Å²) in [6.07, 6.45) is 1.13. The first-order chi connectivity index (χ1) is 3.81. The van der Waals surface area contributed by atoms with Gasteiger partial charge in [0.15, 0.2) is 0 Å². The maximum absolute atomic E-state index is 8.16. The molecule has 2 nitrogen and oxygen atoms in total. The van der Waals surface area contributed by atoms with Gasteiger partial charge < -0.3 is 9.84 Å². The third-order valence-electron chi connectivity index (χ3n) is 0.524. The van der Waals surface area contributed by atoms with E-state index in [1.54, 1.807) is 0 Å². The largest absolute Gasteiger partial charge is 0.491 e.